The van der Waals surface area contributed by atoms with Gasteiger partial charge in [0, 0.05) is 13.0 Å². The molecule has 0 unspecified atom stereocenters. The number of hydrogen-bond acceptors (Lipinski definition) is 3. The number of carbonyl (C=O) groups is 1. The van der Waals surface area contributed by atoms with Gasteiger partial charge < -0.3 is 9.73 Å². The summed E-state index contributed by atoms with van der Waals surface area (Å²) in [4.78, 5) is 15.9. The van der Waals surface area contributed by atoms with Crippen LogP contribution in [0.2, 0.25) is 0 Å². The lowest BCUT2D eigenvalue weighted by atomic mass is 10.1. The van der Waals surface area contributed by atoms with Crippen LogP contribution in [-0.4, -0.2) is 17.4 Å². The van der Waals surface area contributed by atoms with E-state index in [0.717, 1.165) is 28.6 Å². The second-order valence-corrected chi connectivity index (χ2v) is 5.38. The number of aryl methyl sites for hydroxylation is 1. The van der Waals surface area contributed by atoms with Gasteiger partial charge in [-0.05, 0) is 48.2 Å². The summed E-state index contributed by atoms with van der Waals surface area (Å²) in [6.07, 6.45) is 3.17. The van der Waals surface area contributed by atoms with Gasteiger partial charge in [-0.1, -0.05) is 18.2 Å². The third kappa shape index (κ3) is 4.16. The molecule has 0 radical (unpaired) electrons. The third-order valence-electron chi connectivity index (χ3n) is 3.68. The van der Waals surface area contributed by atoms with Crippen molar-refractivity contribution < 1.29 is 13.6 Å². The first kappa shape index (κ1) is 15.2. The Kier molecular flexibility index (Phi) is 4.66. The SMILES string of the molecule is O=C(CCc1ccc(F)cc1)NCCc1ccc2ocnc2c1. The fourth-order valence-corrected chi connectivity index (χ4v) is 2.40. The maximum Gasteiger partial charge on any atom is 0.220 e. The van der Waals surface area contributed by atoms with Crippen molar-refractivity contribution in [3.63, 3.8) is 0 Å². The van der Waals surface area contributed by atoms with Gasteiger partial charge in [0.05, 0.1) is 0 Å². The molecule has 0 aliphatic heterocycles. The van der Waals surface area contributed by atoms with Gasteiger partial charge in [-0.25, -0.2) is 9.37 Å². The van der Waals surface area contributed by atoms with Gasteiger partial charge in [0.2, 0.25) is 5.91 Å². The van der Waals surface area contributed by atoms with Crippen LogP contribution in [0.1, 0.15) is 17.5 Å². The standard InChI is InChI=1S/C18H17FN2O2/c19-15-5-1-13(2-6-15)4-8-18(22)20-10-9-14-3-7-17-16(11-14)21-12-23-17/h1-3,5-7,11-12H,4,8-10H2,(H,20,22). The Morgan fingerprint density at radius 1 is 1.09 bits per heavy atom. The average molecular weight is 312 g/mol. The highest BCUT2D eigenvalue weighted by atomic mass is 19.1. The van der Waals surface area contributed by atoms with Crippen molar-refractivity contribution in [2.75, 3.05) is 6.54 Å². The largest absolute Gasteiger partial charge is 0.443 e. The molecule has 0 aliphatic rings. The Morgan fingerprint density at radius 2 is 1.87 bits per heavy atom. The molecule has 0 bridgehead atoms. The fraction of sp³-hybridized carbons (Fsp3) is 0.222. The minimum Gasteiger partial charge on any atom is -0.443 e. The molecule has 1 heterocycles. The predicted octanol–water partition coefficient (Wildman–Crippen LogP) is 3.26. The summed E-state index contributed by atoms with van der Waals surface area (Å²) in [5.41, 5.74) is 3.64. The number of oxazole rings is 1. The first-order valence-electron chi connectivity index (χ1n) is 7.54. The van der Waals surface area contributed by atoms with Crippen LogP contribution < -0.4 is 5.32 Å². The van der Waals surface area contributed by atoms with Crippen molar-refractivity contribution in [2.24, 2.45) is 0 Å². The van der Waals surface area contributed by atoms with Gasteiger partial charge in [0.25, 0.3) is 0 Å². The summed E-state index contributed by atoms with van der Waals surface area (Å²) in [6, 6.07) is 12.0. The van der Waals surface area contributed by atoms with E-state index in [9.17, 15) is 9.18 Å². The van der Waals surface area contributed by atoms with Gasteiger partial charge in [0.1, 0.15) is 11.3 Å². The van der Waals surface area contributed by atoms with E-state index in [0.29, 0.717) is 19.4 Å². The van der Waals surface area contributed by atoms with Crippen LogP contribution in [0.15, 0.2) is 53.3 Å². The van der Waals surface area contributed by atoms with E-state index in [1.165, 1.54) is 18.5 Å². The van der Waals surface area contributed by atoms with Crippen LogP contribution in [0.25, 0.3) is 11.1 Å². The molecule has 5 heteroatoms. The molecule has 118 valence electrons. The topological polar surface area (TPSA) is 55.1 Å². The number of rotatable bonds is 6. The molecular weight excluding hydrogens is 295 g/mol. The second kappa shape index (κ2) is 7.05. The molecule has 2 aromatic carbocycles. The molecule has 0 saturated heterocycles. The van der Waals surface area contributed by atoms with E-state index in [2.05, 4.69) is 10.3 Å². The maximum atomic E-state index is 12.8. The summed E-state index contributed by atoms with van der Waals surface area (Å²) in [6.45, 7) is 0.575. The van der Waals surface area contributed by atoms with E-state index in [4.69, 9.17) is 4.42 Å². The Hall–Kier alpha value is -2.69. The number of halogens is 1. The monoisotopic (exact) mass is 312 g/mol. The van der Waals surface area contributed by atoms with Crippen LogP contribution in [0.3, 0.4) is 0 Å². The second-order valence-electron chi connectivity index (χ2n) is 5.38. The number of amides is 1. The molecule has 0 saturated carbocycles. The number of benzene rings is 2. The Balaban J connectivity index is 1.42. The summed E-state index contributed by atoms with van der Waals surface area (Å²) < 4.78 is 18.0. The van der Waals surface area contributed by atoms with Crippen molar-refractivity contribution in [1.29, 1.82) is 0 Å². The zero-order chi connectivity index (χ0) is 16.1. The molecule has 0 spiro atoms. The summed E-state index contributed by atoms with van der Waals surface area (Å²) in [7, 11) is 0. The molecule has 23 heavy (non-hydrogen) atoms. The maximum absolute atomic E-state index is 12.8. The lowest BCUT2D eigenvalue weighted by molar-refractivity contribution is -0.121. The summed E-state index contributed by atoms with van der Waals surface area (Å²) in [5.74, 6) is -0.265. The van der Waals surface area contributed by atoms with Crippen molar-refractivity contribution in [3.8, 4) is 0 Å². The fourth-order valence-electron chi connectivity index (χ4n) is 2.40. The smallest absolute Gasteiger partial charge is 0.220 e. The molecule has 3 rings (SSSR count). The molecule has 3 aromatic rings. The number of nitrogens with zero attached hydrogens (tertiary/aromatic N) is 1. The number of carbonyl (C=O) groups excluding carboxylic acids is 1. The van der Waals surface area contributed by atoms with Crippen molar-refractivity contribution in [1.82, 2.24) is 10.3 Å². The number of aromatic nitrogens is 1. The highest BCUT2D eigenvalue weighted by Crippen LogP contribution is 2.14. The predicted molar refractivity (Wildman–Crippen MR) is 85.4 cm³/mol. The summed E-state index contributed by atoms with van der Waals surface area (Å²) >= 11 is 0. The van der Waals surface area contributed by atoms with Crippen LogP contribution in [0.5, 0.6) is 0 Å². The molecule has 0 fully saturated rings. The van der Waals surface area contributed by atoms with Gasteiger partial charge in [0.15, 0.2) is 12.0 Å². The van der Waals surface area contributed by atoms with E-state index in [1.807, 2.05) is 18.2 Å². The van der Waals surface area contributed by atoms with Crippen molar-refractivity contribution in [2.45, 2.75) is 19.3 Å². The molecule has 0 aliphatic carbocycles. The first-order chi connectivity index (χ1) is 11.2. The van der Waals surface area contributed by atoms with E-state index in [1.54, 1.807) is 12.1 Å². The van der Waals surface area contributed by atoms with Crippen LogP contribution in [0.4, 0.5) is 4.39 Å². The Labute approximate surface area is 133 Å². The molecule has 1 amide bonds. The first-order valence-corrected chi connectivity index (χ1v) is 7.54. The Bertz CT molecular complexity index is 796. The Morgan fingerprint density at radius 3 is 2.70 bits per heavy atom. The number of fused-ring (bicyclic) bond motifs is 1. The molecule has 1 aromatic heterocycles. The summed E-state index contributed by atoms with van der Waals surface area (Å²) in [5, 5.41) is 2.90. The van der Waals surface area contributed by atoms with E-state index < -0.39 is 0 Å². The molecule has 1 N–H and O–H groups in total. The van der Waals surface area contributed by atoms with Gasteiger partial charge in [-0.15, -0.1) is 0 Å². The van der Waals surface area contributed by atoms with E-state index >= 15 is 0 Å². The van der Waals surface area contributed by atoms with Gasteiger partial charge in [-0.2, -0.15) is 0 Å². The van der Waals surface area contributed by atoms with Crippen molar-refractivity contribution >= 4 is 17.0 Å². The van der Waals surface area contributed by atoms with Crippen LogP contribution in [-0.2, 0) is 17.6 Å². The zero-order valence-corrected chi connectivity index (χ0v) is 12.6. The van der Waals surface area contributed by atoms with Gasteiger partial charge >= 0.3 is 0 Å². The van der Waals surface area contributed by atoms with Gasteiger partial charge in [-0.3, -0.25) is 4.79 Å². The number of hydrogen-bond donors (Lipinski definition) is 1. The molecular formula is C18H17FN2O2. The van der Waals surface area contributed by atoms with Crippen molar-refractivity contribution in [3.05, 3.63) is 65.8 Å². The highest BCUT2D eigenvalue weighted by Gasteiger charge is 2.04. The quantitative estimate of drug-likeness (QED) is 0.760. The minimum atomic E-state index is -0.262. The van der Waals surface area contributed by atoms with Crippen LogP contribution in [0, 0.1) is 5.82 Å². The normalized spacial score (nSPS) is 10.8. The highest BCUT2D eigenvalue weighted by molar-refractivity contribution is 5.76. The molecule has 4 nitrogen and oxygen atoms in total. The zero-order valence-electron chi connectivity index (χ0n) is 12.6. The lowest BCUT2D eigenvalue weighted by Gasteiger charge is -2.06. The lowest BCUT2D eigenvalue weighted by Crippen LogP contribution is -2.25. The number of nitrogens with one attached hydrogen (secondary N) is 1. The van der Waals surface area contributed by atoms with Crippen LogP contribution >= 0.6 is 0 Å². The molecule has 0 atom stereocenters. The average Bonchev–Trinajstić information content (AvgIpc) is 3.02. The minimum absolute atomic E-state index is 0.00293. The van der Waals surface area contributed by atoms with E-state index in [-0.39, 0.29) is 11.7 Å². The third-order valence-corrected chi connectivity index (χ3v) is 3.68.